The van der Waals surface area contributed by atoms with Gasteiger partial charge in [-0.1, -0.05) is 0 Å². The van der Waals surface area contributed by atoms with Gasteiger partial charge in [0.1, 0.15) is 5.82 Å². The van der Waals surface area contributed by atoms with E-state index in [0.29, 0.717) is 12.3 Å². The summed E-state index contributed by atoms with van der Waals surface area (Å²) in [6.07, 6.45) is 1.02. The van der Waals surface area contributed by atoms with Crippen molar-refractivity contribution in [2.75, 3.05) is 17.7 Å². The lowest BCUT2D eigenvalue weighted by atomic mass is 10.4. The summed E-state index contributed by atoms with van der Waals surface area (Å²) >= 11 is 0. The van der Waals surface area contributed by atoms with Crippen molar-refractivity contribution in [3.8, 4) is 0 Å². The number of amides is 1. The smallest absolute Gasteiger partial charge is 0.411 e. The van der Waals surface area contributed by atoms with Crippen LogP contribution >= 0.6 is 0 Å². The first kappa shape index (κ1) is 9.31. The lowest BCUT2D eigenvalue weighted by Gasteiger charge is -2.05. The van der Waals surface area contributed by atoms with Gasteiger partial charge in [-0.2, -0.15) is 0 Å². The molecule has 0 atom stereocenters. The Labute approximate surface area is 75.9 Å². The van der Waals surface area contributed by atoms with Gasteiger partial charge < -0.3 is 10.5 Å². The molecule has 0 aliphatic rings. The largest absolute Gasteiger partial charge is 0.450 e. The summed E-state index contributed by atoms with van der Waals surface area (Å²) in [5.74, 6) is 0.274. The minimum absolute atomic E-state index is 0.274. The van der Waals surface area contributed by atoms with Crippen molar-refractivity contribution >= 4 is 17.6 Å². The first-order valence-electron chi connectivity index (χ1n) is 3.88. The number of nitrogen functional groups attached to an aromatic ring is 1. The molecule has 5 heteroatoms. The summed E-state index contributed by atoms with van der Waals surface area (Å²) in [5, 5.41) is 2.46. The first-order chi connectivity index (χ1) is 6.24. The minimum atomic E-state index is -0.526. The number of hydrogen-bond donors (Lipinski definition) is 2. The highest BCUT2D eigenvalue weighted by Crippen LogP contribution is 2.13. The molecule has 1 amide bonds. The van der Waals surface area contributed by atoms with Crippen LogP contribution in [0.3, 0.4) is 0 Å². The average molecular weight is 181 g/mol. The van der Waals surface area contributed by atoms with Crippen LogP contribution in [0.1, 0.15) is 6.92 Å². The number of nitrogens with two attached hydrogens (primary N) is 1. The highest BCUT2D eigenvalue weighted by molar-refractivity contribution is 5.87. The maximum atomic E-state index is 10.9. The van der Waals surface area contributed by atoms with E-state index >= 15 is 0 Å². The van der Waals surface area contributed by atoms with Crippen LogP contribution in [0.5, 0.6) is 0 Å². The van der Waals surface area contributed by atoms with Crippen molar-refractivity contribution in [3.05, 3.63) is 18.3 Å². The molecule has 5 nitrogen and oxygen atoms in total. The van der Waals surface area contributed by atoms with Gasteiger partial charge in [0.25, 0.3) is 0 Å². The van der Waals surface area contributed by atoms with E-state index in [-0.39, 0.29) is 5.82 Å². The fraction of sp³-hybridized carbons (Fsp3) is 0.250. The fourth-order valence-electron chi connectivity index (χ4n) is 0.800. The van der Waals surface area contributed by atoms with Crippen LogP contribution in [0.25, 0.3) is 0 Å². The van der Waals surface area contributed by atoms with Gasteiger partial charge in [-0.3, -0.25) is 5.32 Å². The van der Waals surface area contributed by atoms with Crippen LogP contribution in [0.4, 0.5) is 16.3 Å². The van der Waals surface area contributed by atoms with Gasteiger partial charge in [-0.05, 0) is 19.1 Å². The SMILES string of the molecule is CCOC(=O)Nc1cccnc1N. The molecule has 1 heterocycles. The number of carbonyl (C=O) groups is 1. The third-order valence-electron chi connectivity index (χ3n) is 1.35. The summed E-state index contributed by atoms with van der Waals surface area (Å²) in [6.45, 7) is 2.05. The van der Waals surface area contributed by atoms with Crippen LogP contribution in [0.15, 0.2) is 18.3 Å². The Hall–Kier alpha value is -1.78. The lowest BCUT2D eigenvalue weighted by molar-refractivity contribution is 0.168. The van der Waals surface area contributed by atoms with Gasteiger partial charge in [0.2, 0.25) is 0 Å². The maximum absolute atomic E-state index is 10.9. The van der Waals surface area contributed by atoms with Gasteiger partial charge in [0, 0.05) is 6.20 Å². The van der Waals surface area contributed by atoms with Crippen LogP contribution in [0.2, 0.25) is 0 Å². The van der Waals surface area contributed by atoms with Crippen molar-refractivity contribution in [1.29, 1.82) is 0 Å². The Bertz CT molecular complexity index is 301. The highest BCUT2D eigenvalue weighted by atomic mass is 16.5. The molecule has 3 N–H and O–H groups in total. The van der Waals surface area contributed by atoms with Crippen molar-refractivity contribution in [2.45, 2.75) is 6.92 Å². The third-order valence-corrected chi connectivity index (χ3v) is 1.35. The summed E-state index contributed by atoms with van der Waals surface area (Å²) in [7, 11) is 0. The predicted molar refractivity (Wildman–Crippen MR) is 49.3 cm³/mol. The molecule has 70 valence electrons. The van der Waals surface area contributed by atoms with Crippen LogP contribution in [0, 0.1) is 0 Å². The number of hydrogen-bond acceptors (Lipinski definition) is 4. The minimum Gasteiger partial charge on any atom is -0.450 e. The molecule has 0 bridgehead atoms. The molecule has 1 aromatic heterocycles. The molecule has 0 radical (unpaired) electrons. The number of ether oxygens (including phenoxy) is 1. The zero-order valence-electron chi connectivity index (χ0n) is 7.28. The molecule has 0 unspecified atom stereocenters. The summed E-state index contributed by atoms with van der Waals surface area (Å²) in [6, 6.07) is 3.33. The van der Waals surface area contributed by atoms with Crippen LogP contribution in [-0.2, 0) is 4.74 Å². The third kappa shape index (κ3) is 2.62. The van der Waals surface area contributed by atoms with E-state index in [0.717, 1.165) is 0 Å². The van der Waals surface area contributed by atoms with E-state index in [4.69, 9.17) is 5.73 Å². The Kier molecular flexibility index (Phi) is 3.08. The first-order valence-corrected chi connectivity index (χ1v) is 3.88. The van der Waals surface area contributed by atoms with Gasteiger partial charge in [-0.15, -0.1) is 0 Å². The highest BCUT2D eigenvalue weighted by Gasteiger charge is 2.04. The van der Waals surface area contributed by atoms with Gasteiger partial charge in [0.15, 0.2) is 0 Å². The molecule has 0 spiro atoms. The molecule has 0 fully saturated rings. The van der Waals surface area contributed by atoms with E-state index in [9.17, 15) is 4.79 Å². The standard InChI is InChI=1S/C8H11N3O2/c1-2-13-8(12)11-6-4-3-5-10-7(6)9/h3-5H,2H2,1H3,(H2,9,10)(H,11,12). The van der Waals surface area contributed by atoms with E-state index in [1.807, 2.05) is 0 Å². The van der Waals surface area contributed by atoms with Gasteiger partial charge in [0.05, 0.1) is 12.3 Å². The summed E-state index contributed by atoms with van der Waals surface area (Å²) in [4.78, 5) is 14.7. The quantitative estimate of drug-likeness (QED) is 0.719. The lowest BCUT2D eigenvalue weighted by Crippen LogP contribution is -2.14. The predicted octanol–water partition coefficient (Wildman–Crippen LogP) is 1.23. The van der Waals surface area contributed by atoms with Crippen LogP contribution in [-0.4, -0.2) is 17.7 Å². The molecule has 0 saturated heterocycles. The second kappa shape index (κ2) is 4.30. The van der Waals surface area contributed by atoms with Crippen LogP contribution < -0.4 is 11.1 Å². The second-order valence-electron chi connectivity index (χ2n) is 2.28. The van der Waals surface area contributed by atoms with E-state index in [1.54, 1.807) is 25.3 Å². The molecular formula is C8H11N3O2. The fourth-order valence-corrected chi connectivity index (χ4v) is 0.800. The Morgan fingerprint density at radius 1 is 1.77 bits per heavy atom. The number of carbonyl (C=O) groups excluding carboxylic acids is 1. The maximum Gasteiger partial charge on any atom is 0.411 e. The number of aromatic nitrogens is 1. The number of nitrogens with zero attached hydrogens (tertiary/aromatic N) is 1. The number of anilines is 2. The monoisotopic (exact) mass is 181 g/mol. The molecule has 1 aromatic rings. The zero-order valence-corrected chi connectivity index (χ0v) is 7.28. The molecule has 0 aliphatic heterocycles. The Morgan fingerprint density at radius 2 is 2.54 bits per heavy atom. The van der Waals surface area contributed by atoms with Crippen molar-refractivity contribution < 1.29 is 9.53 Å². The Morgan fingerprint density at radius 3 is 3.15 bits per heavy atom. The van der Waals surface area contributed by atoms with Gasteiger partial charge >= 0.3 is 6.09 Å². The molecule has 1 rings (SSSR count). The van der Waals surface area contributed by atoms with E-state index in [2.05, 4.69) is 15.0 Å². The number of rotatable bonds is 2. The van der Waals surface area contributed by atoms with Crippen molar-refractivity contribution in [1.82, 2.24) is 4.98 Å². The van der Waals surface area contributed by atoms with E-state index in [1.165, 1.54) is 0 Å². The van der Waals surface area contributed by atoms with E-state index < -0.39 is 6.09 Å². The molecule has 0 saturated carbocycles. The zero-order chi connectivity index (χ0) is 9.68. The summed E-state index contributed by atoms with van der Waals surface area (Å²) < 4.78 is 4.67. The average Bonchev–Trinajstić information content (AvgIpc) is 2.09. The number of nitrogens with one attached hydrogen (secondary N) is 1. The Balaban J connectivity index is 2.63. The molecule has 0 aliphatic carbocycles. The summed E-state index contributed by atoms with van der Waals surface area (Å²) in [5.41, 5.74) is 5.94. The second-order valence-corrected chi connectivity index (χ2v) is 2.28. The number of pyridine rings is 1. The van der Waals surface area contributed by atoms with Crippen molar-refractivity contribution in [2.24, 2.45) is 0 Å². The topological polar surface area (TPSA) is 77.2 Å². The molecule has 0 aromatic carbocycles. The van der Waals surface area contributed by atoms with Gasteiger partial charge in [-0.25, -0.2) is 9.78 Å². The van der Waals surface area contributed by atoms with Crippen molar-refractivity contribution in [3.63, 3.8) is 0 Å². The molecule has 13 heavy (non-hydrogen) atoms. The molecular weight excluding hydrogens is 170 g/mol. The normalized spacial score (nSPS) is 9.31.